The summed E-state index contributed by atoms with van der Waals surface area (Å²) in [5.41, 5.74) is 0.941. The van der Waals surface area contributed by atoms with Crippen LogP contribution in [0.4, 0.5) is 11.4 Å². The molecular formula is C23H18N2O3. The van der Waals surface area contributed by atoms with Crippen molar-refractivity contribution in [1.29, 1.82) is 0 Å². The molecule has 0 radical (unpaired) electrons. The van der Waals surface area contributed by atoms with Crippen LogP contribution in [0, 0.1) is 0 Å². The van der Waals surface area contributed by atoms with Crippen LogP contribution in [0.5, 0.6) is 5.75 Å². The molecule has 0 fully saturated rings. The van der Waals surface area contributed by atoms with Gasteiger partial charge in [0.05, 0.1) is 16.8 Å². The Kier molecular flexibility index (Phi) is 3.52. The Morgan fingerprint density at radius 2 is 1.54 bits per heavy atom. The number of carbonyl (C=O) groups excluding carboxylic acids is 2. The summed E-state index contributed by atoms with van der Waals surface area (Å²) in [4.78, 5) is 30.5. The number of para-hydroxylation sites is 3. The van der Waals surface area contributed by atoms with Gasteiger partial charge in [0.1, 0.15) is 5.75 Å². The molecule has 0 unspecified atom stereocenters. The summed E-state index contributed by atoms with van der Waals surface area (Å²) < 4.78 is 6.40. The monoisotopic (exact) mass is 370 g/mol. The van der Waals surface area contributed by atoms with Crippen LogP contribution in [-0.2, 0) is 10.5 Å². The van der Waals surface area contributed by atoms with Gasteiger partial charge in [-0.1, -0.05) is 48.5 Å². The summed E-state index contributed by atoms with van der Waals surface area (Å²) in [5, 5.41) is 0. The largest absolute Gasteiger partial charge is 0.453 e. The van der Waals surface area contributed by atoms with E-state index in [1.165, 1.54) is 4.90 Å². The first-order chi connectivity index (χ1) is 13.7. The molecule has 2 heterocycles. The maximum absolute atomic E-state index is 13.7. The molecule has 5 nitrogen and oxygen atoms in total. The number of hydrogen-bond donors (Lipinski definition) is 0. The third kappa shape index (κ3) is 2.01. The van der Waals surface area contributed by atoms with E-state index >= 15 is 0 Å². The van der Waals surface area contributed by atoms with Crippen molar-refractivity contribution in [3.8, 4) is 5.75 Å². The molecule has 0 saturated carbocycles. The van der Waals surface area contributed by atoms with Crippen molar-refractivity contribution in [3.05, 3.63) is 90.0 Å². The normalized spacial score (nSPS) is 20.2. The molecule has 28 heavy (non-hydrogen) atoms. The zero-order valence-electron chi connectivity index (χ0n) is 15.3. The van der Waals surface area contributed by atoms with Crippen molar-refractivity contribution in [2.24, 2.45) is 0 Å². The highest BCUT2D eigenvalue weighted by Crippen LogP contribution is 2.50. The van der Waals surface area contributed by atoms with Crippen molar-refractivity contribution >= 4 is 23.2 Å². The minimum atomic E-state index is -1.56. The topological polar surface area (TPSA) is 49.9 Å². The third-order valence-corrected chi connectivity index (χ3v) is 5.32. The molecule has 138 valence electrons. The van der Waals surface area contributed by atoms with Crippen molar-refractivity contribution in [2.45, 2.75) is 12.6 Å². The van der Waals surface area contributed by atoms with Gasteiger partial charge in [-0.3, -0.25) is 14.5 Å². The molecule has 1 atom stereocenters. The van der Waals surface area contributed by atoms with Gasteiger partial charge in [-0.05, 0) is 37.3 Å². The number of nitrogens with zero attached hydrogens (tertiary/aromatic N) is 2. The Hall–Kier alpha value is -3.60. The lowest BCUT2D eigenvalue weighted by Gasteiger charge is -2.43. The Labute approximate surface area is 162 Å². The summed E-state index contributed by atoms with van der Waals surface area (Å²) >= 11 is 0. The van der Waals surface area contributed by atoms with Gasteiger partial charge in [-0.15, -0.1) is 0 Å². The van der Waals surface area contributed by atoms with Crippen molar-refractivity contribution in [2.75, 3.05) is 16.3 Å². The smallest absolute Gasteiger partial charge is 0.298 e. The molecule has 2 amide bonds. The number of likely N-dealkylation sites (N-methyl/N-ethyl adjacent to an activating group) is 1. The maximum Gasteiger partial charge on any atom is 0.298 e. The van der Waals surface area contributed by atoms with Crippen LogP contribution in [0.1, 0.15) is 22.8 Å². The predicted octanol–water partition coefficient (Wildman–Crippen LogP) is 3.95. The molecule has 0 bridgehead atoms. The fourth-order valence-corrected chi connectivity index (χ4v) is 4.11. The number of hydrogen-bond acceptors (Lipinski definition) is 3. The second-order valence-electron chi connectivity index (χ2n) is 6.78. The molecular weight excluding hydrogens is 352 g/mol. The number of rotatable bonds is 2. The Bertz CT molecular complexity index is 1100. The van der Waals surface area contributed by atoms with Crippen LogP contribution < -0.4 is 14.5 Å². The minimum Gasteiger partial charge on any atom is -0.453 e. The highest BCUT2D eigenvalue weighted by molar-refractivity contribution is 6.19. The standard InChI is InChI=1S/C23H18N2O3/c1-2-24-19-14-8-7-13-18(19)23(22(24)27)25(16-10-4-3-5-11-16)21(26)17-12-6-9-15-20(17)28-23/h3-15H,2H2,1H3/t23-/m1/s1. The first-order valence-electron chi connectivity index (χ1n) is 9.27. The van der Waals surface area contributed by atoms with Gasteiger partial charge in [-0.2, -0.15) is 0 Å². The summed E-state index contributed by atoms with van der Waals surface area (Å²) in [6.45, 7) is 2.40. The van der Waals surface area contributed by atoms with E-state index in [0.29, 0.717) is 29.1 Å². The molecule has 3 aromatic rings. The van der Waals surface area contributed by atoms with Gasteiger partial charge in [-0.25, -0.2) is 0 Å². The fraction of sp³-hybridized carbons (Fsp3) is 0.130. The molecule has 0 saturated heterocycles. The second kappa shape index (κ2) is 5.96. The van der Waals surface area contributed by atoms with Crippen molar-refractivity contribution < 1.29 is 14.3 Å². The Morgan fingerprint density at radius 3 is 2.32 bits per heavy atom. The zero-order chi connectivity index (χ0) is 19.3. The van der Waals surface area contributed by atoms with Gasteiger partial charge < -0.3 is 9.64 Å². The van der Waals surface area contributed by atoms with Crippen molar-refractivity contribution in [1.82, 2.24) is 0 Å². The van der Waals surface area contributed by atoms with Crippen molar-refractivity contribution in [3.63, 3.8) is 0 Å². The maximum atomic E-state index is 13.7. The SMILES string of the molecule is CCN1C(=O)[C@]2(Oc3ccccc3C(=O)N2c2ccccc2)c2ccccc21. The highest BCUT2D eigenvalue weighted by atomic mass is 16.5. The lowest BCUT2D eigenvalue weighted by atomic mass is 9.96. The van der Waals surface area contributed by atoms with Crippen LogP contribution in [0.2, 0.25) is 0 Å². The molecule has 0 aliphatic carbocycles. The predicted molar refractivity (Wildman–Crippen MR) is 106 cm³/mol. The summed E-state index contributed by atoms with van der Waals surface area (Å²) in [7, 11) is 0. The molecule has 0 N–H and O–H groups in total. The minimum absolute atomic E-state index is 0.255. The van der Waals surface area contributed by atoms with E-state index in [9.17, 15) is 9.59 Å². The van der Waals surface area contributed by atoms with Gasteiger partial charge in [0.15, 0.2) is 0 Å². The lowest BCUT2D eigenvalue weighted by molar-refractivity contribution is -0.133. The van der Waals surface area contributed by atoms with E-state index in [4.69, 9.17) is 4.74 Å². The van der Waals surface area contributed by atoms with Gasteiger partial charge in [0, 0.05) is 12.2 Å². The molecule has 0 aromatic heterocycles. The number of benzene rings is 3. The van der Waals surface area contributed by atoms with E-state index in [1.54, 1.807) is 29.2 Å². The number of ether oxygens (including phenoxy) is 1. The van der Waals surface area contributed by atoms with Crippen LogP contribution in [0.25, 0.3) is 0 Å². The second-order valence-corrected chi connectivity index (χ2v) is 6.78. The average molecular weight is 370 g/mol. The highest BCUT2D eigenvalue weighted by Gasteiger charge is 2.61. The third-order valence-electron chi connectivity index (χ3n) is 5.32. The molecule has 5 rings (SSSR count). The number of carbonyl (C=O) groups is 2. The first-order valence-corrected chi connectivity index (χ1v) is 9.27. The van der Waals surface area contributed by atoms with Crippen LogP contribution in [-0.4, -0.2) is 18.4 Å². The fourth-order valence-electron chi connectivity index (χ4n) is 4.11. The van der Waals surface area contributed by atoms with Gasteiger partial charge >= 0.3 is 0 Å². The molecule has 2 aliphatic rings. The number of amides is 2. The Balaban J connectivity index is 1.84. The molecule has 2 aliphatic heterocycles. The van der Waals surface area contributed by atoms with E-state index < -0.39 is 5.72 Å². The van der Waals surface area contributed by atoms with Crippen LogP contribution in [0.3, 0.4) is 0 Å². The Morgan fingerprint density at radius 1 is 0.857 bits per heavy atom. The number of fused-ring (bicyclic) bond motifs is 3. The summed E-state index contributed by atoms with van der Waals surface area (Å²) in [5.74, 6) is -0.0992. The lowest BCUT2D eigenvalue weighted by Crippen LogP contribution is -2.61. The molecule has 5 heteroatoms. The van der Waals surface area contributed by atoms with E-state index in [2.05, 4.69) is 0 Å². The van der Waals surface area contributed by atoms with E-state index in [0.717, 1.165) is 5.69 Å². The summed E-state index contributed by atoms with van der Waals surface area (Å²) in [6.07, 6.45) is 0. The van der Waals surface area contributed by atoms with Gasteiger partial charge in [0.25, 0.3) is 17.5 Å². The van der Waals surface area contributed by atoms with Gasteiger partial charge in [0.2, 0.25) is 0 Å². The van der Waals surface area contributed by atoms with E-state index in [-0.39, 0.29) is 11.8 Å². The van der Waals surface area contributed by atoms with E-state index in [1.807, 2.05) is 61.5 Å². The average Bonchev–Trinajstić information content (AvgIpc) is 2.97. The first kappa shape index (κ1) is 16.6. The van der Waals surface area contributed by atoms with Crippen LogP contribution >= 0.6 is 0 Å². The quantitative estimate of drug-likeness (QED) is 0.686. The molecule has 3 aromatic carbocycles. The van der Waals surface area contributed by atoms with Crippen LogP contribution in [0.15, 0.2) is 78.9 Å². The zero-order valence-corrected chi connectivity index (χ0v) is 15.3. The number of anilines is 2. The molecule has 1 spiro atoms. The summed E-state index contributed by atoms with van der Waals surface area (Å²) in [6, 6.07) is 23.8.